The summed E-state index contributed by atoms with van der Waals surface area (Å²) >= 11 is 0. The van der Waals surface area contributed by atoms with Crippen molar-refractivity contribution in [2.24, 2.45) is 5.92 Å². The number of hydrogen-bond donors (Lipinski definition) is 3. The Balaban J connectivity index is 1.60. The van der Waals surface area contributed by atoms with Gasteiger partial charge in [0.2, 0.25) is 0 Å². The van der Waals surface area contributed by atoms with Crippen molar-refractivity contribution in [2.45, 2.75) is 58.3 Å². The normalized spacial score (nSPS) is 20.0. The number of benzene rings is 3. The summed E-state index contributed by atoms with van der Waals surface area (Å²) in [5.41, 5.74) is 1.94. The molecule has 0 bridgehead atoms. The van der Waals surface area contributed by atoms with Crippen molar-refractivity contribution in [3.05, 3.63) is 90.0 Å². The molecule has 0 saturated carbocycles. The number of fused-ring (bicyclic) bond motifs is 1. The molecule has 10 heteroatoms. The number of nitrogens with one attached hydrogen (secondary N) is 2. The van der Waals surface area contributed by atoms with Gasteiger partial charge in [-0.3, -0.25) is 9.59 Å². The number of anilines is 2. The number of ether oxygens (including phenoxy) is 2. The zero-order valence-electron chi connectivity index (χ0n) is 27.1. The maximum absolute atomic E-state index is 14.3. The fraction of sp³-hybridized carbons (Fsp3) is 0.417. The van der Waals surface area contributed by atoms with E-state index in [2.05, 4.69) is 10.6 Å². The third kappa shape index (κ3) is 9.55. The van der Waals surface area contributed by atoms with Gasteiger partial charge < -0.3 is 35.0 Å². The van der Waals surface area contributed by atoms with Crippen molar-refractivity contribution in [2.75, 3.05) is 44.0 Å². The van der Waals surface area contributed by atoms with Crippen LogP contribution in [0, 0.1) is 5.92 Å². The van der Waals surface area contributed by atoms with Crippen molar-refractivity contribution in [3.8, 4) is 5.75 Å². The third-order valence-electron chi connectivity index (χ3n) is 8.17. The minimum atomic E-state index is -0.518. The van der Waals surface area contributed by atoms with Crippen LogP contribution in [0.25, 0.3) is 0 Å². The first-order valence-electron chi connectivity index (χ1n) is 15.9. The van der Waals surface area contributed by atoms with Crippen LogP contribution in [-0.4, -0.2) is 84.4 Å². The second kappa shape index (κ2) is 16.8. The van der Waals surface area contributed by atoms with Crippen LogP contribution in [0.3, 0.4) is 0 Å². The Hall–Kier alpha value is -4.41. The Labute approximate surface area is 271 Å². The molecule has 0 radical (unpaired) electrons. The lowest BCUT2D eigenvalue weighted by Crippen LogP contribution is -2.48. The Morgan fingerprint density at radius 2 is 1.67 bits per heavy atom. The van der Waals surface area contributed by atoms with Gasteiger partial charge in [-0.15, -0.1) is 0 Å². The van der Waals surface area contributed by atoms with Crippen molar-refractivity contribution in [1.82, 2.24) is 9.80 Å². The summed E-state index contributed by atoms with van der Waals surface area (Å²) in [4.78, 5) is 43.4. The van der Waals surface area contributed by atoms with Crippen LogP contribution < -0.4 is 15.4 Å². The first kappa shape index (κ1) is 34.5. The molecule has 0 saturated heterocycles. The first-order chi connectivity index (χ1) is 22.2. The zero-order valence-corrected chi connectivity index (χ0v) is 27.1. The molecule has 0 spiro atoms. The van der Waals surface area contributed by atoms with Crippen LogP contribution in [0.1, 0.15) is 60.7 Å². The molecule has 1 aliphatic heterocycles. The number of rotatable bonds is 7. The molecule has 0 fully saturated rings. The Kier molecular flexibility index (Phi) is 12.6. The lowest BCUT2D eigenvalue weighted by Gasteiger charge is -2.35. The molecule has 246 valence electrons. The molecule has 3 aromatic carbocycles. The van der Waals surface area contributed by atoms with E-state index < -0.39 is 6.04 Å². The molecule has 46 heavy (non-hydrogen) atoms. The van der Waals surface area contributed by atoms with Crippen LogP contribution in [0.2, 0.25) is 0 Å². The number of aliphatic hydroxyl groups is 1. The molecule has 4 amide bonds. The van der Waals surface area contributed by atoms with Crippen LogP contribution >= 0.6 is 0 Å². The second-order valence-electron chi connectivity index (χ2n) is 12.0. The van der Waals surface area contributed by atoms with E-state index in [9.17, 15) is 19.5 Å². The molecule has 10 nitrogen and oxygen atoms in total. The molecular formula is C36H46N4O6. The Morgan fingerprint density at radius 3 is 2.37 bits per heavy atom. The highest BCUT2D eigenvalue weighted by molar-refractivity contribution is 6.05. The average Bonchev–Trinajstić information content (AvgIpc) is 3.06. The molecule has 1 aliphatic rings. The SMILES string of the molecule is C[C@@H]1CCCCO[C@@H](CN(C)C(=O)Nc2ccccc2)[C@H](C)CN([C@H](C)CO)C(=O)c2cc(NC(=O)c3ccccc3)ccc2O1. The summed E-state index contributed by atoms with van der Waals surface area (Å²) in [7, 11) is 1.72. The predicted octanol–water partition coefficient (Wildman–Crippen LogP) is 5.90. The summed E-state index contributed by atoms with van der Waals surface area (Å²) in [5.74, 6) is -0.410. The molecule has 4 rings (SSSR count). The third-order valence-corrected chi connectivity index (χ3v) is 8.17. The van der Waals surface area contributed by atoms with Gasteiger partial charge in [-0.05, 0) is 75.6 Å². The predicted molar refractivity (Wildman–Crippen MR) is 179 cm³/mol. The van der Waals surface area contributed by atoms with Crippen LogP contribution in [-0.2, 0) is 4.74 Å². The maximum Gasteiger partial charge on any atom is 0.321 e. The highest BCUT2D eigenvalue weighted by atomic mass is 16.5. The van der Waals surface area contributed by atoms with E-state index in [1.807, 2.05) is 50.2 Å². The van der Waals surface area contributed by atoms with E-state index in [1.165, 1.54) is 0 Å². The number of carbonyl (C=O) groups excluding carboxylic acids is 3. The standard InChI is InChI=1S/C36H46N4O6/c1-25-22-40(26(2)24-41)35(43)31-21-30(37-34(42)28-14-7-5-8-15-28)18-19-32(31)46-27(3)13-11-12-20-45-33(25)23-39(4)36(44)38-29-16-9-6-10-17-29/h5-10,14-19,21,25-27,33,41H,11-13,20,22-24H2,1-4H3,(H,37,42)(H,38,44)/t25-,26-,27-,33+/m1/s1. The number of urea groups is 1. The lowest BCUT2D eigenvalue weighted by molar-refractivity contribution is -0.0115. The van der Waals surface area contributed by atoms with Gasteiger partial charge in [0.1, 0.15) is 5.75 Å². The number of carbonyl (C=O) groups is 3. The van der Waals surface area contributed by atoms with E-state index in [1.54, 1.807) is 66.2 Å². The molecule has 0 aromatic heterocycles. The Morgan fingerprint density at radius 1 is 0.978 bits per heavy atom. The minimum absolute atomic E-state index is 0.175. The van der Waals surface area contributed by atoms with E-state index in [0.29, 0.717) is 41.4 Å². The highest BCUT2D eigenvalue weighted by Crippen LogP contribution is 2.29. The molecule has 0 aliphatic carbocycles. The summed E-state index contributed by atoms with van der Waals surface area (Å²) in [6.07, 6.45) is 1.86. The number of nitrogens with zero attached hydrogens (tertiary/aromatic N) is 2. The van der Waals surface area contributed by atoms with Crippen LogP contribution in [0.5, 0.6) is 5.75 Å². The largest absolute Gasteiger partial charge is 0.490 e. The molecule has 1 heterocycles. The monoisotopic (exact) mass is 630 g/mol. The van der Waals surface area contributed by atoms with E-state index in [4.69, 9.17) is 9.47 Å². The topological polar surface area (TPSA) is 120 Å². The number of likely N-dealkylation sites (N-methyl/N-ethyl adjacent to an activating group) is 1. The smallest absolute Gasteiger partial charge is 0.321 e. The van der Waals surface area contributed by atoms with E-state index in [-0.39, 0.29) is 49.1 Å². The van der Waals surface area contributed by atoms with Crippen molar-refractivity contribution >= 4 is 29.2 Å². The first-order valence-corrected chi connectivity index (χ1v) is 15.9. The molecule has 3 N–H and O–H groups in total. The van der Waals surface area contributed by atoms with Crippen LogP contribution in [0.4, 0.5) is 16.2 Å². The number of para-hydroxylation sites is 1. The van der Waals surface area contributed by atoms with E-state index >= 15 is 0 Å². The second-order valence-corrected chi connectivity index (χ2v) is 12.0. The molecule has 0 unspecified atom stereocenters. The van der Waals surface area contributed by atoms with E-state index in [0.717, 1.165) is 19.3 Å². The summed E-state index contributed by atoms with van der Waals surface area (Å²) in [6.45, 7) is 6.55. The van der Waals surface area contributed by atoms with Gasteiger partial charge in [-0.2, -0.15) is 0 Å². The maximum atomic E-state index is 14.3. The van der Waals surface area contributed by atoms with Crippen molar-refractivity contribution in [3.63, 3.8) is 0 Å². The molecule has 3 aromatic rings. The van der Waals surface area contributed by atoms with Crippen molar-refractivity contribution < 1.29 is 29.0 Å². The van der Waals surface area contributed by atoms with Gasteiger partial charge in [0.05, 0.1) is 30.4 Å². The van der Waals surface area contributed by atoms with Gasteiger partial charge in [0, 0.05) is 49.6 Å². The molecule has 4 atom stereocenters. The van der Waals surface area contributed by atoms with Gasteiger partial charge in [-0.25, -0.2) is 4.79 Å². The summed E-state index contributed by atoms with van der Waals surface area (Å²) < 4.78 is 12.6. The molecular weight excluding hydrogens is 584 g/mol. The quantitative estimate of drug-likeness (QED) is 0.299. The fourth-order valence-corrected chi connectivity index (χ4v) is 5.35. The number of aliphatic hydroxyl groups excluding tert-OH is 1. The van der Waals surface area contributed by atoms with Gasteiger partial charge >= 0.3 is 6.03 Å². The lowest BCUT2D eigenvalue weighted by atomic mass is 10.0. The average molecular weight is 631 g/mol. The Bertz CT molecular complexity index is 1440. The fourth-order valence-electron chi connectivity index (χ4n) is 5.35. The number of amides is 4. The van der Waals surface area contributed by atoms with Crippen molar-refractivity contribution in [1.29, 1.82) is 0 Å². The van der Waals surface area contributed by atoms with Gasteiger partial charge in [0.25, 0.3) is 11.8 Å². The number of hydrogen-bond acceptors (Lipinski definition) is 6. The van der Waals surface area contributed by atoms with Gasteiger partial charge in [-0.1, -0.05) is 43.3 Å². The van der Waals surface area contributed by atoms with Gasteiger partial charge in [0.15, 0.2) is 0 Å². The summed E-state index contributed by atoms with van der Waals surface area (Å²) in [5, 5.41) is 16.0. The zero-order chi connectivity index (χ0) is 33.1. The van der Waals surface area contributed by atoms with Crippen LogP contribution in [0.15, 0.2) is 78.9 Å². The highest BCUT2D eigenvalue weighted by Gasteiger charge is 2.31. The summed E-state index contributed by atoms with van der Waals surface area (Å²) in [6, 6.07) is 22.4. The minimum Gasteiger partial charge on any atom is -0.490 e.